The number of ketones is 1. The number of allylic oxidation sites excluding steroid dienone is 1. The number of benzene rings is 2. The van der Waals surface area contributed by atoms with E-state index in [1.165, 1.54) is 24.3 Å². The summed E-state index contributed by atoms with van der Waals surface area (Å²) in [4.78, 5) is 11.8. The summed E-state index contributed by atoms with van der Waals surface area (Å²) in [5.41, 5.74) is 1.31. The highest BCUT2D eigenvalue weighted by Crippen LogP contribution is 2.38. The van der Waals surface area contributed by atoms with Crippen LogP contribution in [0.4, 0.5) is 13.2 Å². The van der Waals surface area contributed by atoms with Crippen molar-refractivity contribution in [2.75, 3.05) is 0 Å². The number of carbonyl (C=O) groups excluding carboxylic acids is 1. The van der Waals surface area contributed by atoms with E-state index in [1.54, 1.807) is 18.2 Å². The Kier molecular flexibility index (Phi) is 6.98. The summed E-state index contributed by atoms with van der Waals surface area (Å²) in [5, 5.41) is 0.719. The molecule has 3 rings (SSSR count). The van der Waals surface area contributed by atoms with Gasteiger partial charge in [-0.1, -0.05) is 59.1 Å². The first-order chi connectivity index (χ1) is 13.6. The molecule has 1 saturated carbocycles. The molecule has 0 spiro atoms. The Labute approximate surface area is 182 Å². The molecule has 2 aromatic carbocycles. The molecule has 0 bridgehead atoms. The van der Waals surface area contributed by atoms with Gasteiger partial charge in [-0.15, -0.1) is 0 Å². The van der Waals surface area contributed by atoms with Crippen LogP contribution in [0, 0.1) is 5.92 Å². The van der Waals surface area contributed by atoms with Gasteiger partial charge in [0.1, 0.15) is 5.78 Å². The Bertz CT molecular complexity index is 913. The van der Waals surface area contributed by atoms with Crippen molar-refractivity contribution in [1.82, 2.24) is 0 Å². The van der Waals surface area contributed by atoms with Crippen LogP contribution >= 0.6 is 34.8 Å². The molecule has 0 radical (unpaired) electrons. The number of hydrogen-bond acceptors (Lipinski definition) is 1. The van der Waals surface area contributed by atoms with Crippen LogP contribution in [0.5, 0.6) is 0 Å². The molecule has 0 amide bonds. The number of hydrogen-bond donors (Lipinski definition) is 0. The van der Waals surface area contributed by atoms with Crippen molar-refractivity contribution in [2.24, 2.45) is 5.92 Å². The first kappa shape index (κ1) is 22.2. The van der Waals surface area contributed by atoms with Gasteiger partial charge in [0.2, 0.25) is 0 Å². The molecule has 1 nitrogen and oxygen atoms in total. The van der Waals surface area contributed by atoms with E-state index in [0.717, 1.165) is 24.5 Å². The predicted molar refractivity (Wildman–Crippen MR) is 112 cm³/mol. The van der Waals surface area contributed by atoms with Crippen LogP contribution in [-0.4, -0.2) is 12.0 Å². The van der Waals surface area contributed by atoms with Crippen LogP contribution < -0.4 is 0 Å². The number of aryl methyl sites for hydroxylation is 1. The van der Waals surface area contributed by atoms with Crippen molar-refractivity contribution in [3.8, 4) is 0 Å². The van der Waals surface area contributed by atoms with Gasteiger partial charge >= 0.3 is 6.18 Å². The van der Waals surface area contributed by atoms with Gasteiger partial charge in [0.15, 0.2) is 0 Å². The minimum absolute atomic E-state index is 0.0347. The molecule has 1 unspecified atom stereocenters. The molecular weight excluding hydrogens is 444 g/mol. The fourth-order valence-corrected chi connectivity index (χ4v) is 3.93. The first-order valence-electron chi connectivity index (χ1n) is 9.15. The summed E-state index contributed by atoms with van der Waals surface area (Å²) in [6.07, 6.45) is 0.831. The maximum Gasteiger partial charge on any atom is 0.399 e. The van der Waals surface area contributed by atoms with Gasteiger partial charge in [-0.3, -0.25) is 4.79 Å². The lowest BCUT2D eigenvalue weighted by atomic mass is 9.96. The molecular formula is C22H18Cl3F3O. The van der Waals surface area contributed by atoms with Crippen LogP contribution in [0.2, 0.25) is 15.1 Å². The van der Waals surface area contributed by atoms with E-state index in [4.69, 9.17) is 34.8 Å². The lowest BCUT2D eigenvalue weighted by Gasteiger charge is -2.18. The minimum Gasteiger partial charge on any atom is -0.299 e. The van der Waals surface area contributed by atoms with E-state index >= 15 is 0 Å². The van der Waals surface area contributed by atoms with Crippen molar-refractivity contribution in [3.05, 3.63) is 74.2 Å². The number of Topliss-reactive ketones (excluding diaryl/α,β-unsaturated/α-hetero) is 1. The van der Waals surface area contributed by atoms with Gasteiger partial charge in [-0.05, 0) is 60.2 Å². The van der Waals surface area contributed by atoms with Gasteiger partial charge in [-0.25, -0.2) is 0 Å². The van der Waals surface area contributed by atoms with Gasteiger partial charge in [0, 0.05) is 27.4 Å². The zero-order valence-corrected chi connectivity index (χ0v) is 17.5. The fraction of sp³-hybridized carbons (Fsp3) is 0.318. The SMILES string of the molecule is O=C(CCc1ccc(/C=C/C(c2cc(Cl)cc(Cl)c2)C(F)(F)F)cc1Cl)C1CC1. The number of rotatable bonds is 7. The number of halogens is 6. The largest absolute Gasteiger partial charge is 0.399 e. The third-order valence-electron chi connectivity index (χ3n) is 4.83. The maximum atomic E-state index is 13.6. The summed E-state index contributed by atoms with van der Waals surface area (Å²) in [5.74, 6) is -1.40. The van der Waals surface area contributed by atoms with Crippen LogP contribution in [-0.2, 0) is 11.2 Å². The van der Waals surface area contributed by atoms with E-state index < -0.39 is 12.1 Å². The smallest absolute Gasteiger partial charge is 0.299 e. The summed E-state index contributed by atoms with van der Waals surface area (Å²) >= 11 is 18.0. The third kappa shape index (κ3) is 6.24. The predicted octanol–water partition coefficient (Wildman–Crippen LogP) is 7.92. The highest BCUT2D eigenvalue weighted by Gasteiger charge is 2.39. The van der Waals surface area contributed by atoms with Crippen LogP contribution in [0.25, 0.3) is 6.08 Å². The Morgan fingerprint density at radius 2 is 1.72 bits per heavy atom. The van der Waals surface area contributed by atoms with Crippen molar-refractivity contribution < 1.29 is 18.0 Å². The minimum atomic E-state index is -4.50. The van der Waals surface area contributed by atoms with E-state index in [-0.39, 0.29) is 27.3 Å². The Morgan fingerprint density at radius 1 is 1.07 bits per heavy atom. The Balaban J connectivity index is 1.76. The topological polar surface area (TPSA) is 17.1 Å². The molecule has 1 fully saturated rings. The molecule has 1 atom stereocenters. The Hall–Kier alpha value is -1.49. The van der Waals surface area contributed by atoms with E-state index in [0.29, 0.717) is 23.4 Å². The molecule has 0 heterocycles. The van der Waals surface area contributed by atoms with Crippen molar-refractivity contribution in [3.63, 3.8) is 0 Å². The summed E-state index contributed by atoms with van der Waals surface area (Å²) in [6.45, 7) is 0. The molecule has 29 heavy (non-hydrogen) atoms. The average molecular weight is 462 g/mol. The van der Waals surface area contributed by atoms with Crippen LogP contribution in [0.15, 0.2) is 42.5 Å². The molecule has 0 aromatic heterocycles. The standard InChI is InChI=1S/C22H18Cl3F3O/c23-17-10-16(11-18(24)12-17)19(22(26,27)28)7-2-13-1-3-14(20(25)9-13)6-8-21(29)15-4-5-15/h1-3,7,9-12,15,19H,4-6,8H2/b7-2+. The van der Waals surface area contributed by atoms with Crippen molar-refractivity contribution in [2.45, 2.75) is 37.8 Å². The molecule has 0 N–H and O–H groups in total. The first-order valence-corrected chi connectivity index (χ1v) is 10.3. The Morgan fingerprint density at radius 3 is 2.28 bits per heavy atom. The quantitative estimate of drug-likeness (QED) is 0.409. The van der Waals surface area contributed by atoms with Gasteiger partial charge in [-0.2, -0.15) is 13.2 Å². The van der Waals surface area contributed by atoms with Crippen molar-refractivity contribution in [1.29, 1.82) is 0 Å². The number of alkyl halides is 3. The van der Waals surface area contributed by atoms with Crippen LogP contribution in [0.1, 0.15) is 41.9 Å². The average Bonchev–Trinajstić information content (AvgIpc) is 3.44. The maximum absolute atomic E-state index is 13.6. The zero-order valence-electron chi connectivity index (χ0n) is 15.3. The lowest BCUT2D eigenvalue weighted by molar-refractivity contribution is -0.139. The van der Waals surface area contributed by atoms with Gasteiger partial charge in [0.05, 0.1) is 5.92 Å². The fourth-order valence-electron chi connectivity index (χ4n) is 3.11. The third-order valence-corrected chi connectivity index (χ3v) is 5.62. The summed E-state index contributed by atoms with van der Waals surface area (Å²) in [7, 11) is 0. The zero-order chi connectivity index (χ0) is 21.2. The normalized spacial score (nSPS) is 15.7. The second-order valence-corrected chi connectivity index (χ2v) is 8.45. The van der Waals surface area contributed by atoms with Crippen molar-refractivity contribution >= 4 is 46.7 Å². The molecule has 7 heteroatoms. The lowest BCUT2D eigenvalue weighted by Crippen LogP contribution is -2.18. The van der Waals surface area contributed by atoms with E-state index in [2.05, 4.69) is 0 Å². The molecule has 0 aliphatic heterocycles. The second-order valence-electron chi connectivity index (χ2n) is 7.17. The monoisotopic (exact) mass is 460 g/mol. The van der Waals surface area contributed by atoms with Crippen LogP contribution in [0.3, 0.4) is 0 Å². The van der Waals surface area contributed by atoms with Gasteiger partial charge in [0.25, 0.3) is 0 Å². The molecule has 1 aliphatic rings. The second kappa shape index (κ2) is 9.11. The van der Waals surface area contributed by atoms with E-state index in [1.807, 2.05) is 0 Å². The molecule has 0 saturated heterocycles. The molecule has 2 aromatic rings. The molecule has 1 aliphatic carbocycles. The van der Waals surface area contributed by atoms with E-state index in [9.17, 15) is 18.0 Å². The number of carbonyl (C=O) groups is 1. The highest BCUT2D eigenvalue weighted by molar-refractivity contribution is 6.34. The summed E-state index contributed by atoms with van der Waals surface area (Å²) < 4.78 is 40.7. The summed E-state index contributed by atoms with van der Waals surface area (Å²) in [6, 6.07) is 8.94. The molecule has 154 valence electrons. The van der Waals surface area contributed by atoms with Gasteiger partial charge < -0.3 is 0 Å². The highest BCUT2D eigenvalue weighted by atomic mass is 35.5.